The zero-order valence-electron chi connectivity index (χ0n) is 20.8. The lowest BCUT2D eigenvalue weighted by Gasteiger charge is -2.26. The number of hydrogen-bond acceptors (Lipinski definition) is 8. The summed E-state index contributed by atoms with van der Waals surface area (Å²) in [6.45, 7) is 3.61. The van der Waals surface area contributed by atoms with Gasteiger partial charge in [-0.25, -0.2) is 4.79 Å². The molecule has 0 fully saturated rings. The Kier molecular flexibility index (Phi) is 14.9. The fraction of sp³-hybridized carbons (Fsp3) is 0.667. The molecule has 4 atom stereocenters. The highest BCUT2D eigenvalue weighted by atomic mass is 16.4. The Hall–Kier alpha value is -3.95. The Morgan fingerprint density at radius 1 is 0.784 bits per heavy atom. The van der Waals surface area contributed by atoms with Crippen LogP contribution in [0, 0.1) is 5.92 Å². The molecule has 0 aliphatic rings. The van der Waals surface area contributed by atoms with Crippen LogP contribution in [0.1, 0.15) is 52.4 Å². The number of rotatable bonds is 18. The Bertz CT molecular complexity index is 859. The maximum atomic E-state index is 13.1. The van der Waals surface area contributed by atoms with E-state index in [9.17, 15) is 33.9 Å². The van der Waals surface area contributed by atoms with Crippen LogP contribution in [-0.4, -0.2) is 87.6 Å². The summed E-state index contributed by atoms with van der Waals surface area (Å²) in [6.07, 6.45) is -1.09. The standard InChI is InChI=1S/C21H37N7O9/c1-10(2)8-13(19(35)28-14(20(36)37)9-16(31)32)27-18(34)12(4-3-7-25-21(23)24)26-17(33)11(22)5-6-15(29)30/h10-14H,3-9,22H2,1-2H3,(H,26,33)(H,27,34)(H,28,35)(H,29,30)(H,31,32)(H,36,37)(H4,23,24,25). The summed E-state index contributed by atoms with van der Waals surface area (Å²) in [5.41, 5.74) is 16.3. The van der Waals surface area contributed by atoms with E-state index in [2.05, 4.69) is 20.9 Å². The van der Waals surface area contributed by atoms with E-state index in [1.165, 1.54) is 0 Å². The van der Waals surface area contributed by atoms with Crippen LogP contribution >= 0.6 is 0 Å². The van der Waals surface area contributed by atoms with E-state index >= 15 is 0 Å². The van der Waals surface area contributed by atoms with E-state index in [-0.39, 0.29) is 50.5 Å². The van der Waals surface area contributed by atoms with Gasteiger partial charge < -0.3 is 48.5 Å². The lowest BCUT2D eigenvalue weighted by Crippen LogP contribution is -2.57. The zero-order chi connectivity index (χ0) is 28.7. The fourth-order valence-electron chi connectivity index (χ4n) is 3.08. The van der Waals surface area contributed by atoms with Crippen molar-refractivity contribution in [2.24, 2.45) is 28.1 Å². The number of carbonyl (C=O) groups is 6. The second-order valence-electron chi connectivity index (χ2n) is 8.74. The van der Waals surface area contributed by atoms with Gasteiger partial charge in [0.05, 0.1) is 12.5 Å². The van der Waals surface area contributed by atoms with Crippen molar-refractivity contribution in [3.8, 4) is 0 Å². The minimum absolute atomic E-state index is 0.0206. The smallest absolute Gasteiger partial charge is 0.326 e. The van der Waals surface area contributed by atoms with Crippen molar-refractivity contribution in [1.82, 2.24) is 16.0 Å². The van der Waals surface area contributed by atoms with Gasteiger partial charge in [-0.15, -0.1) is 0 Å². The first-order valence-electron chi connectivity index (χ1n) is 11.5. The van der Waals surface area contributed by atoms with Gasteiger partial charge in [0.25, 0.3) is 0 Å². The number of carboxylic acids is 3. The number of nitrogens with one attached hydrogen (secondary N) is 3. The third kappa shape index (κ3) is 14.9. The maximum absolute atomic E-state index is 13.1. The van der Waals surface area contributed by atoms with Crippen LogP contribution in [-0.2, 0) is 28.8 Å². The van der Waals surface area contributed by atoms with Gasteiger partial charge in [-0.05, 0) is 31.6 Å². The lowest BCUT2D eigenvalue weighted by molar-refractivity contribution is -0.147. The monoisotopic (exact) mass is 531 g/mol. The molecule has 0 saturated carbocycles. The first kappa shape index (κ1) is 33.0. The topological polar surface area (TPSA) is 290 Å². The van der Waals surface area contributed by atoms with Crippen molar-refractivity contribution >= 4 is 41.6 Å². The zero-order valence-corrected chi connectivity index (χ0v) is 20.8. The maximum Gasteiger partial charge on any atom is 0.326 e. The van der Waals surface area contributed by atoms with Crippen LogP contribution in [0.15, 0.2) is 4.99 Å². The number of hydrogen-bond donors (Lipinski definition) is 9. The molecule has 0 aromatic carbocycles. The second kappa shape index (κ2) is 16.7. The van der Waals surface area contributed by atoms with Gasteiger partial charge in [-0.3, -0.25) is 29.0 Å². The summed E-state index contributed by atoms with van der Waals surface area (Å²) < 4.78 is 0. The predicted molar refractivity (Wildman–Crippen MR) is 130 cm³/mol. The number of carboxylic acid groups (broad SMARTS) is 3. The molecule has 16 heteroatoms. The number of nitrogens with zero attached hydrogens (tertiary/aromatic N) is 1. The molecule has 0 saturated heterocycles. The van der Waals surface area contributed by atoms with Crippen LogP contribution in [0.4, 0.5) is 0 Å². The minimum atomic E-state index is -1.72. The van der Waals surface area contributed by atoms with Gasteiger partial charge in [0.15, 0.2) is 5.96 Å². The summed E-state index contributed by atoms with van der Waals surface area (Å²) in [4.78, 5) is 75.1. The van der Waals surface area contributed by atoms with E-state index in [0.717, 1.165) is 0 Å². The summed E-state index contributed by atoms with van der Waals surface area (Å²) in [5.74, 6) is -6.98. The molecule has 210 valence electrons. The predicted octanol–water partition coefficient (Wildman–Crippen LogP) is -2.71. The van der Waals surface area contributed by atoms with Crippen molar-refractivity contribution in [1.29, 1.82) is 0 Å². The fourth-order valence-corrected chi connectivity index (χ4v) is 3.08. The van der Waals surface area contributed by atoms with Crippen LogP contribution < -0.4 is 33.2 Å². The SMILES string of the molecule is CC(C)CC(NC(=O)C(CCCN=C(N)N)NC(=O)C(N)CCC(=O)O)C(=O)NC(CC(=O)O)C(=O)O. The van der Waals surface area contributed by atoms with Crippen molar-refractivity contribution in [2.75, 3.05) is 6.54 Å². The van der Waals surface area contributed by atoms with E-state index in [0.29, 0.717) is 0 Å². The van der Waals surface area contributed by atoms with Crippen molar-refractivity contribution in [2.45, 2.75) is 76.5 Å². The number of carbonyl (C=O) groups excluding carboxylic acids is 3. The molecule has 0 aromatic rings. The van der Waals surface area contributed by atoms with E-state index < -0.39 is 66.2 Å². The Morgan fingerprint density at radius 2 is 1.32 bits per heavy atom. The molecule has 0 spiro atoms. The van der Waals surface area contributed by atoms with Crippen molar-refractivity contribution in [3.63, 3.8) is 0 Å². The molecule has 4 unspecified atom stereocenters. The molecule has 12 N–H and O–H groups in total. The molecule has 0 aromatic heterocycles. The van der Waals surface area contributed by atoms with Crippen molar-refractivity contribution in [3.05, 3.63) is 0 Å². The first-order valence-corrected chi connectivity index (χ1v) is 11.5. The van der Waals surface area contributed by atoms with E-state index in [1.54, 1.807) is 13.8 Å². The number of nitrogens with two attached hydrogens (primary N) is 3. The highest BCUT2D eigenvalue weighted by molar-refractivity contribution is 5.94. The summed E-state index contributed by atoms with van der Waals surface area (Å²) in [6, 6.07) is -5.40. The van der Waals surface area contributed by atoms with Gasteiger partial charge in [0, 0.05) is 13.0 Å². The second-order valence-corrected chi connectivity index (χ2v) is 8.74. The van der Waals surface area contributed by atoms with Gasteiger partial charge in [-0.2, -0.15) is 0 Å². The molecule has 0 heterocycles. The molecule has 37 heavy (non-hydrogen) atoms. The normalized spacial score (nSPS) is 13.9. The van der Waals surface area contributed by atoms with Crippen LogP contribution in [0.3, 0.4) is 0 Å². The van der Waals surface area contributed by atoms with Crippen molar-refractivity contribution < 1.29 is 44.1 Å². The number of aliphatic carboxylic acids is 3. The molecule has 0 aliphatic carbocycles. The highest BCUT2D eigenvalue weighted by Crippen LogP contribution is 2.08. The van der Waals surface area contributed by atoms with E-state index in [4.69, 9.17) is 27.4 Å². The summed E-state index contributed by atoms with van der Waals surface area (Å²) in [5, 5.41) is 33.9. The Labute approximate surface area is 213 Å². The van der Waals surface area contributed by atoms with Crippen LogP contribution in [0.2, 0.25) is 0 Å². The first-order chi connectivity index (χ1) is 17.1. The number of guanidine groups is 1. The van der Waals surface area contributed by atoms with Gasteiger partial charge in [0.2, 0.25) is 17.7 Å². The molecule has 3 amide bonds. The third-order valence-electron chi connectivity index (χ3n) is 4.92. The Morgan fingerprint density at radius 3 is 1.81 bits per heavy atom. The Balaban J connectivity index is 5.63. The van der Waals surface area contributed by atoms with Crippen LogP contribution in [0.5, 0.6) is 0 Å². The molecule has 0 rings (SSSR count). The lowest BCUT2D eigenvalue weighted by atomic mass is 10.0. The minimum Gasteiger partial charge on any atom is -0.481 e. The molecular weight excluding hydrogens is 494 g/mol. The molecular formula is C21H37N7O9. The van der Waals surface area contributed by atoms with Gasteiger partial charge in [-0.1, -0.05) is 13.8 Å². The van der Waals surface area contributed by atoms with Crippen LogP contribution in [0.25, 0.3) is 0 Å². The molecule has 0 aliphatic heterocycles. The number of amides is 3. The third-order valence-corrected chi connectivity index (χ3v) is 4.92. The average molecular weight is 532 g/mol. The number of aliphatic imine (C=N–C) groups is 1. The van der Waals surface area contributed by atoms with Gasteiger partial charge in [0.1, 0.15) is 18.1 Å². The highest BCUT2D eigenvalue weighted by Gasteiger charge is 2.31. The quantitative estimate of drug-likeness (QED) is 0.0495. The van der Waals surface area contributed by atoms with Gasteiger partial charge >= 0.3 is 17.9 Å². The molecule has 0 bridgehead atoms. The molecule has 16 nitrogen and oxygen atoms in total. The summed E-state index contributed by atoms with van der Waals surface area (Å²) in [7, 11) is 0. The average Bonchev–Trinajstić information content (AvgIpc) is 2.77. The molecule has 0 radical (unpaired) electrons. The summed E-state index contributed by atoms with van der Waals surface area (Å²) >= 11 is 0. The largest absolute Gasteiger partial charge is 0.481 e. The van der Waals surface area contributed by atoms with E-state index in [1.807, 2.05) is 0 Å².